The van der Waals surface area contributed by atoms with Crippen LogP contribution in [0.3, 0.4) is 0 Å². The second kappa shape index (κ2) is 10.0. The van der Waals surface area contributed by atoms with Crippen LogP contribution < -0.4 is 5.32 Å². The van der Waals surface area contributed by atoms with E-state index in [1.807, 2.05) is 11.8 Å². The first kappa shape index (κ1) is 25.3. The molecule has 0 unspecified atom stereocenters. The normalized spacial score (nSPS) is 17.2. The summed E-state index contributed by atoms with van der Waals surface area (Å²) in [4.78, 5) is 1.95. The van der Waals surface area contributed by atoms with Crippen LogP contribution in [0.2, 0.25) is 0 Å². The van der Waals surface area contributed by atoms with Crippen molar-refractivity contribution in [1.29, 1.82) is 0 Å². The Kier molecular flexibility index (Phi) is 9.74. The molecule has 0 amide bonds. The Morgan fingerprint density at radius 3 is 1.77 bits per heavy atom. The molecule has 1 aromatic rings. The third kappa shape index (κ3) is 6.48. The molecule has 1 atom stereocenters. The van der Waals surface area contributed by atoms with Crippen molar-refractivity contribution in [2.24, 2.45) is 0 Å². The molecule has 1 saturated heterocycles. The number of hydrogen-bond donors (Lipinski definition) is 1. The largest absolute Gasteiger partial charge is 0.416 e. The Morgan fingerprint density at radius 1 is 0.923 bits per heavy atom. The molecule has 0 aromatic heterocycles. The Bertz CT molecular complexity index is 524. The number of alkyl halides is 6. The topological polar surface area (TPSA) is 15.3 Å². The standard InChI is InChI=1S/C16H20F6N2.2ClH/c1-2-3-14(24-6-4-23-5-7-24)11-8-12(15(17,18)19)10-13(9-11)16(20,21)22;;/h8-10,14,23H,2-7H2,1H3;2*1H/t14-;;/m0../s1. The highest BCUT2D eigenvalue weighted by atomic mass is 35.5. The SMILES string of the molecule is CCC[C@@H](c1cc(C(F)(F)F)cc(C(F)(F)F)c1)N1CCNCC1.Cl.Cl. The lowest BCUT2D eigenvalue weighted by Crippen LogP contribution is -2.45. The first-order chi connectivity index (χ1) is 11.1. The van der Waals surface area contributed by atoms with Crippen LogP contribution in [0.4, 0.5) is 26.3 Å². The highest BCUT2D eigenvalue weighted by Gasteiger charge is 2.38. The van der Waals surface area contributed by atoms with Crippen LogP contribution in [-0.2, 0) is 12.4 Å². The van der Waals surface area contributed by atoms with Gasteiger partial charge in [-0.1, -0.05) is 13.3 Å². The van der Waals surface area contributed by atoms with Crippen molar-refractivity contribution in [3.63, 3.8) is 0 Å². The average Bonchev–Trinajstić information content (AvgIpc) is 2.51. The lowest BCUT2D eigenvalue weighted by atomic mass is 9.95. The molecule has 0 bridgehead atoms. The molecular formula is C16H22Cl2F6N2. The molecule has 1 aliphatic heterocycles. The first-order valence-corrected chi connectivity index (χ1v) is 7.87. The second-order valence-electron chi connectivity index (χ2n) is 5.93. The molecule has 2 rings (SSSR count). The van der Waals surface area contributed by atoms with Crippen LogP contribution in [0.15, 0.2) is 18.2 Å². The van der Waals surface area contributed by atoms with Crippen molar-refractivity contribution in [3.8, 4) is 0 Å². The van der Waals surface area contributed by atoms with E-state index in [0.717, 1.165) is 12.1 Å². The summed E-state index contributed by atoms with van der Waals surface area (Å²) < 4.78 is 78.2. The number of rotatable bonds is 4. The maximum Gasteiger partial charge on any atom is 0.416 e. The van der Waals surface area contributed by atoms with Gasteiger partial charge in [-0.25, -0.2) is 0 Å². The fourth-order valence-corrected chi connectivity index (χ4v) is 3.00. The summed E-state index contributed by atoms with van der Waals surface area (Å²) in [6, 6.07) is 1.46. The Morgan fingerprint density at radius 2 is 1.38 bits per heavy atom. The Labute approximate surface area is 161 Å². The number of nitrogens with one attached hydrogen (secondary N) is 1. The number of hydrogen-bond acceptors (Lipinski definition) is 2. The predicted molar refractivity (Wildman–Crippen MR) is 93.0 cm³/mol. The van der Waals surface area contributed by atoms with E-state index in [4.69, 9.17) is 0 Å². The molecule has 2 nitrogen and oxygen atoms in total. The summed E-state index contributed by atoms with van der Waals surface area (Å²) >= 11 is 0. The minimum atomic E-state index is -4.81. The highest BCUT2D eigenvalue weighted by Crippen LogP contribution is 2.39. The number of halogens is 8. The molecule has 1 N–H and O–H groups in total. The van der Waals surface area contributed by atoms with E-state index in [0.29, 0.717) is 39.0 Å². The van der Waals surface area contributed by atoms with Gasteiger partial charge in [-0.15, -0.1) is 24.8 Å². The minimum absolute atomic E-state index is 0. The van der Waals surface area contributed by atoms with Crippen molar-refractivity contribution < 1.29 is 26.3 Å². The first-order valence-electron chi connectivity index (χ1n) is 7.87. The Hall–Kier alpha value is -0.700. The smallest absolute Gasteiger partial charge is 0.314 e. The lowest BCUT2D eigenvalue weighted by Gasteiger charge is -2.35. The maximum atomic E-state index is 13.0. The van der Waals surface area contributed by atoms with Gasteiger partial charge in [0, 0.05) is 32.2 Å². The molecular weight excluding hydrogens is 405 g/mol. The van der Waals surface area contributed by atoms with Crippen LogP contribution >= 0.6 is 24.8 Å². The molecule has 0 saturated carbocycles. The third-order valence-corrected chi connectivity index (χ3v) is 4.15. The van der Waals surface area contributed by atoms with Gasteiger partial charge < -0.3 is 5.32 Å². The average molecular weight is 427 g/mol. The van der Waals surface area contributed by atoms with Crippen LogP contribution in [0.25, 0.3) is 0 Å². The molecule has 1 aliphatic rings. The zero-order chi connectivity index (χ0) is 18.0. The van der Waals surface area contributed by atoms with Gasteiger partial charge in [0.15, 0.2) is 0 Å². The zero-order valence-electron chi connectivity index (χ0n) is 14.1. The van der Waals surface area contributed by atoms with Crippen molar-refractivity contribution in [2.45, 2.75) is 38.2 Å². The van der Waals surface area contributed by atoms with Gasteiger partial charge in [-0.3, -0.25) is 4.90 Å². The van der Waals surface area contributed by atoms with Crippen molar-refractivity contribution in [2.75, 3.05) is 26.2 Å². The quantitative estimate of drug-likeness (QED) is 0.655. The molecule has 0 radical (unpaired) electrons. The third-order valence-electron chi connectivity index (χ3n) is 4.15. The summed E-state index contributed by atoms with van der Waals surface area (Å²) in [7, 11) is 0. The molecule has 152 valence electrons. The summed E-state index contributed by atoms with van der Waals surface area (Å²) in [5, 5.41) is 3.13. The van der Waals surface area contributed by atoms with Gasteiger partial charge in [0.1, 0.15) is 0 Å². The summed E-state index contributed by atoms with van der Waals surface area (Å²) in [5.74, 6) is 0. The van der Waals surface area contributed by atoms with Gasteiger partial charge in [0.2, 0.25) is 0 Å². The summed E-state index contributed by atoms with van der Waals surface area (Å²) in [5.41, 5.74) is -2.41. The van der Waals surface area contributed by atoms with E-state index in [9.17, 15) is 26.3 Å². The van der Waals surface area contributed by atoms with Crippen LogP contribution in [-0.4, -0.2) is 31.1 Å². The van der Waals surface area contributed by atoms with Gasteiger partial charge >= 0.3 is 12.4 Å². The molecule has 0 spiro atoms. The number of piperazine rings is 1. The zero-order valence-corrected chi connectivity index (χ0v) is 15.7. The van der Waals surface area contributed by atoms with Gasteiger partial charge in [-0.05, 0) is 30.2 Å². The molecule has 10 heteroatoms. The van der Waals surface area contributed by atoms with E-state index in [1.54, 1.807) is 0 Å². The molecule has 0 aliphatic carbocycles. The molecule has 1 fully saturated rings. The summed E-state index contributed by atoms with van der Waals surface area (Å²) in [6.45, 7) is 4.41. The molecule has 1 heterocycles. The van der Waals surface area contributed by atoms with Gasteiger partial charge in [-0.2, -0.15) is 26.3 Å². The van der Waals surface area contributed by atoms with Crippen molar-refractivity contribution in [3.05, 3.63) is 34.9 Å². The van der Waals surface area contributed by atoms with E-state index < -0.39 is 29.5 Å². The maximum absolute atomic E-state index is 13.0. The number of benzene rings is 1. The van der Waals surface area contributed by atoms with E-state index in [1.165, 1.54) is 0 Å². The van der Waals surface area contributed by atoms with E-state index in [-0.39, 0.29) is 36.4 Å². The lowest BCUT2D eigenvalue weighted by molar-refractivity contribution is -0.143. The Balaban J connectivity index is 0.00000312. The van der Waals surface area contributed by atoms with E-state index in [2.05, 4.69) is 5.32 Å². The van der Waals surface area contributed by atoms with Crippen molar-refractivity contribution >= 4 is 24.8 Å². The van der Waals surface area contributed by atoms with Crippen LogP contribution in [0.1, 0.15) is 42.5 Å². The second-order valence-corrected chi connectivity index (χ2v) is 5.93. The van der Waals surface area contributed by atoms with Crippen LogP contribution in [0.5, 0.6) is 0 Å². The fourth-order valence-electron chi connectivity index (χ4n) is 3.00. The van der Waals surface area contributed by atoms with Gasteiger partial charge in [0.25, 0.3) is 0 Å². The summed E-state index contributed by atoms with van der Waals surface area (Å²) in [6.07, 6.45) is -8.43. The van der Waals surface area contributed by atoms with Gasteiger partial charge in [0.05, 0.1) is 11.1 Å². The fraction of sp³-hybridized carbons (Fsp3) is 0.625. The highest BCUT2D eigenvalue weighted by molar-refractivity contribution is 5.85. The number of nitrogens with zero attached hydrogens (tertiary/aromatic N) is 1. The van der Waals surface area contributed by atoms with Crippen LogP contribution in [0, 0.1) is 0 Å². The van der Waals surface area contributed by atoms with E-state index >= 15 is 0 Å². The molecule has 1 aromatic carbocycles. The predicted octanol–water partition coefficient (Wildman–Crippen LogP) is 5.31. The minimum Gasteiger partial charge on any atom is -0.314 e. The monoisotopic (exact) mass is 426 g/mol. The van der Waals surface area contributed by atoms with Crippen molar-refractivity contribution in [1.82, 2.24) is 10.2 Å². The molecule has 26 heavy (non-hydrogen) atoms.